The van der Waals surface area contributed by atoms with E-state index in [1.807, 2.05) is 47.4 Å². The van der Waals surface area contributed by atoms with Crippen molar-refractivity contribution in [2.75, 3.05) is 4.90 Å². The summed E-state index contributed by atoms with van der Waals surface area (Å²) in [6, 6.07) is 59.7. The molecular weight excluding hydrogens is 574 g/mol. The van der Waals surface area contributed by atoms with Gasteiger partial charge in [0.25, 0.3) is 0 Å². The molecule has 0 atom stereocenters. The molecule has 0 heterocycles. The highest BCUT2D eigenvalue weighted by Gasteiger charge is 2.51. The van der Waals surface area contributed by atoms with E-state index in [-0.39, 0.29) is 5.82 Å². The van der Waals surface area contributed by atoms with Crippen molar-refractivity contribution in [3.63, 3.8) is 0 Å². The molecule has 47 heavy (non-hydrogen) atoms. The largest absolute Gasteiger partial charge is 0.308 e. The van der Waals surface area contributed by atoms with Gasteiger partial charge in [-0.3, -0.25) is 0 Å². The molecule has 0 saturated heterocycles. The Kier molecular flexibility index (Phi) is 5.45. The van der Waals surface area contributed by atoms with Gasteiger partial charge in [0.15, 0.2) is 0 Å². The summed E-state index contributed by atoms with van der Waals surface area (Å²) in [6.45, 7) is 0. The molecule has 0 saturated carbocycles. The normalized spacial score (nSPS) is 13.4. The minimum atomic E-state index is -0.448. The molecule has 2 aliphatic carbocycles. The van der Waals surface area contributed by atoms with Crippen molar-refractivity contribution in [1.29, 1.82) is 0 Å². The molecule has 0 unspecified atom stereocenters. The summed E-state index contributed by atoms with van der Waals surface area (Å²) in [4.78, 5) is 2.01. The number of para-hydroxylation sites is 2. The first-order valence-corrected chi connectivity index (χ1v) is 16.1. The molecule has 0 amide bonds. The van der Waals surface area contributed by atoms with E-state index >= 15 is 4.39 Å². The van der Waals surface area contributed by atoms with E-state index in [2.05, 4.69) is 115 Å². The molecule has 0 bridgehead atoms. The first kappa shape index (κ1) is 26.2. The van der Waals surface area contributed by atoms with Gasteiger partial charge in [-0.1, -0.05) is 109 Å². The van der Waals surface area contributed by atoms with E-state index in [4.69, 9.17) is 0 Å². The van der Waals surface area contributed by atoms with Crippen LogP contribution in [0.25, 0.3) is 43.8 Å². The predicted octanol–water partition coefficient (Wildman–Crippen LogP) is 11.9. The first-order chi connectivity index (χ1) is 23.2. The summed E-state index contributed by atoms with van der Waals surface area (Å²) >= 11 is 0. The summed E-state index contributed by atoms with van der Waals surface area (Å²) < 4.78 is 15.4. The number of fused-ring (bicyclic) bond motifs is 12. The molecule has 2 heteroatoms. The van der Waals surface area contributed by atoms with Gasteiger partial charge in [-0.15, -0.1) is 0 Å². The van der Waals surface area contributed by atoms with Gasteiger partial charge in [0, 0.05) is 11.4 Å². The van der Waals surface area contributed by atoms with Crippen LogP contribution in [0.3, 0.4) is 0 Å². The smallest absolute Gasteiger partial charge is 0.147 e. The third kappa shape index (κ3) is 3.58. The Balaban J connectivity index is 1.28. The fraction of sp³-hybridized carbons (Fsp3) is 0.0222. The average Bonchev–Trinajstić information content (AvgIpc) is 3.57. The lowest BCUT2D eigenvalue weighted by molar-refractivity contribution is 0.629. The topological polar surface area (TPSA) is 3.24 Å². The number of hydrogen-bond acceptors (Lipinski definition) is 1. The molecule has 0 aromatic heterocycles. The van der Waals surface area contributed by atoms with Crippen LogP contribution >= 0.6 is 0 Å². The first-order valence-electron chi connectivity index (χ1n) is 16.1. The number of benzene rings is 8. The average molecular weight is 602 g/mol. The van der Waals surface area contributed by atoms with E-state index in [0.29, 0.717) is 5.69 Å². The minimum absolute atomic E-state index is 0.258. The third-order valence-corrected chi connectivity index (χ3v) is 10.3. The van der Waals surface area contributed by atoms with Crippen molar-refractivity contribution < 1.29 is 4.39 Å². The van der Waals surface area contributed by atoms with Crippen LogP contribution in [0.15, 0.2) is 170 Å². The van der Waals surface area contributed by atoms with Gasteiger partial charge in [0.05, 0.1) is 11.1 Å². The van der Waals surface area contributed by atoms with Crippen molar-refractivity contribution in [2.24, 2.45) is 0 Å². The zero-order valence-corrected chi connectivity index (χ0v) is 25.5. The van der Waals surface area contributed by atoms with Gasteiger partial charge < -0.3 is 4.90 Å². The fourth-order valence-corrected chi connectivity index (χ4v) is 8.33. The summed E-state index contributed by atoms with van der Waals surface area (Å²) in [7, 11) is 0. The number of nitrogens with zero attached hydrogens (tertiary/aromatic N) is 1. The number of rotatable bonds is 3. The highest BCUT2D eigenvalue weighted by atomic mass is 19.1. The van der Waals surface area contributed by atoms with E-state index in [1.54, 1.807) is 6.07 Å². The molecule has 220 valence electrons. The van der Waals surface area contributed by atoms with Gasteiger partial charge >= 0.3 is 0 Å². The van der Waals surface area contributed by atoms with Gasteiger partial charge in [-0.2, -0.15) is 0 Å². The van der Waals surface area contributed by atoms with Crippen molar-refractivity contribution >= 4 is 38.6 Å². The quantitative estimate of drug-likeness (QED) is 0.195. The molecule has 0 fully saturated rings. The van der Waals surface area contributed by atoms with E-state index < -0.39 is 5.41 Å². The minimum Gasteiger partial charge on any atom is -0.308 e. The summed E-state index contributed by atoms with van der Waals surface area (Å²) in [5.41, 5.74) is 12.3. The molecule has 0 N–H and O–H groups in total. The van der Waals surface area contributed by atoms with E-state index in [9.17, 15) is 0 Å². The third-order valence-electron chi connectivity index (χ3n) is 10.3. The Hall–Kier alpha value is -5.99. The molecule has 2 aliphatic rings. The van der Waals surface area contributed by atoms with Crippen LogP contribution in [0.1, 0.15) is 22.3 Å². The van der Waals surface area contributed by atoms with Crippen molar-refractivity contribution in [3.05, 3.63) is 198 Å². The fourth-order valence-electron chi connectivity index (χ4n) is 8.33. The monoisotopic (exact) mass is 601 g/mol. The van der Waals surface area contributed by atoms with Crippen LogP contribution in [-0.2, 0) is 5.41 Å². The summed E-state index contributed by atoms with van der Waals surface area (Å²) in [6.07, 6.45) is 0. The van der Waals surface area contributed by atoms with Crippen molar-refractivity contribution in [1.82, 2.24) is 0 Å². The lowest BCUT2D eigenvalue weighted by atomic mass is 9.70. The van der Waals surface area contributed by atoms with Crippen LogP contribution in [0.4, 0.5) is 21.5 Å². The summed E-state index contributed by atoms with van der Waals surface area (Å²) in [5.74, 6) is -0.258. The summed E-state index contributed by atoms with van der Waals surface area (Å²) in [5, 5.41) is 4.77. The van der Waals surface area contributed by atoms with E-state index in [0.717, 1.165) is 22.1 Å². The number of halogens is 1. The highest BCUT2D eigenvalue weighted by molar-refractivity contribution is 6.04. The van der Waals surface area contributed by atoms with Crippen LogP contribution in [-0.4, -0.2) is 0 Å². The lowest BCUT2D eigenvalue weighted by Crippen LogP contribution is -2.25. The highest BCUT2D eigenvalue weighted by Crippen LogP contribution is 2.63. The molecule has 1 nitrogen and oxygen atoms in total. The maximum atomic E-state index is 15.4. The molecular formula is C45H28FN. The van der Waals surface area contributed by atoms with Gasteiger partial charge in [0.1, 0.15) is 5.82 Å². The Morgan fingerprint density at radius 3 is 1.57 bits per heavy atom. The van der Waals surface area contributed by atoms with Gasteiger partial charge in [-0.05, 0) is 127 Å². The van der Waals surface area contributed by atoms with Crippen LogP contribution in [0, 0.1) is 5.82 Å². The Morgan fingerprint density at radius 2 is 0.894 bits per heavy atom. The molecule has 8 aromatic carbocycles. The zero-order valence-electron chi connectivity index (χ0n) is 25.5. The Morgan fingerprint density at radius 1 is 0.362 bits per heavy atom. The standard InChI is InChI=1S/C45H28FN/c46-43-20-10-11-21-44(43)47(33-14-2-1-3-15-33)34-23-22-31-26-38-37-25-29-12-4-5-13-30(29)27-41(37)45(42(38)28-32(31)24-34)39-18-8-6-16-35(39)36-17-7-9-19-40(36)45/h1-28H. The molecule has 10 rings (SSSR count). The number of anilines is 3. The number of hydrogen-bond donors (Lipinski definition) is 0. The van der Waals surface area contributed by atoms with Crippen molar-refractivity contribution in [2.45, 2.75) is 5.41 Å². The Labute approximate surface area is 272 Å². The van der Waals surface area contributed by atoms with Crippen LogP contribution in [0.5, 0.6) is 0 Å². The zero-order chi connectivity index (χ0) is 31.1. The second-order valence-electron chi connectivity index (χ2n) is 12.6. The van der Waals surface area contributed by atoms with E-state index in [1.165, 1.54) is 61.3 Å². The van der Waals surface area contributed by atoms with Gasteiger partial charge in [-0.25, -0.2) is 4.39 Å². The Bertz CT molecular complexity index is 2500. The maximum Gasteiger partial charge on any atom is 0.147 e. The second kappa shape index (κ2) is 9.75. The molecule has 0 radical (unpaired) electrons. The maximum absolute atomic E-state index is 15.4. The van der Waals surface area contributed by atoms with Crippen molar-refractivity contribution in [3.8, 4) is 22.3 Å². The second-order valence-corrected chi connectivity index (χ2v) is 12.6. The lowest BCUT2D eigenvalue weighted by Gasteiger charge is -2.31. The predicted molar refractivity (Wildman–Crippen MR) is 192 cm³/mol. The van der Waals surface area contributed by atoms with Gasteiger partial charge in [0.2, 0.25) is 0 Å². The SMILES string of the molecule is Fc1ccccc1N(c1ccccc1)c1ccc2cc3c(cc2c1)C1(c2ccccc2-c2ccccc21)c1cc2ccccc2cc1-3. The molecule has 1 spiro atoms. The van der Waals surface area contributed by atoms with Crippen LogP contribution in [0.2, 0.25) is 0 Å². The molecule has 8 aromatic rings. The van der Waals surface area contributed by atoms with Crippen LogP contribution < -0.4 is 4.90 Å². The molecule has 0 aliphatic heterocycles.